The summed E-state index contributed by atoms with van der Waals surface area (Å²) < 4.78 is 5.97. The van der Waals surface area contributed by atoms with Crippen molar-refractivity contribution in [2.24, 2.45) is 5.92 Å². The van der Waals surface area contributed by atoms with Crippen LogP contribution in [0.1, 0.15) is 66.7 Å². The van der Waals surface area contributed by atoms with Crippen LogP contribution in [0.3, 0.4) is 0 Å². The van der Waals surface area contributed by atoms with Crippen molar-refractivity contribution in [3.05, 3.63) is 0 Å². The number of nitrogens with one attached hydrogen (secondary N) is 1. The lowest BCUT2D eigenvalue weighted by molar-refractivity contribution is 0.0197. The number of rotatable bonds is 11. The first kappa shape index (κ1) is 16.9. The maximum Gasteiger partial charge on any atom is 0.0722 e. The maximum atomic E-state index is 5.97. The average Bonchev–Trinajstić information content (AvgIpc) is 2.26. The molecule has 0 aromatic carbocycles. The summed E-state index contributed by atoms with van der Waals surface area (Å²) in [6, 6.07) is 0.546. The van der Waals surface area contributed by atoms with E-state index in [1.165, 1.54) is 32.1 Å². The van der Waals surface area contributed by atoms with E-state index >= 15 is 0 Å². The molecule has 0 aromatic heterocycles. The maximum absolute atomic E-state index is 5.97. The van der Waals surface area contributed by atoms with Crippen molar-refractivity contribution in [2.75, 3.05) is 13.2 Å². The summed E-state index contributed by atoms with van der Waals surface area (Å²) in [4.78, 5) is 0. The Morgan fingerprint density at radius 1 is 0.941 bits per heavy atom. The van der Waals surface area contributed by atoms with Gasteiger partial charge in [-0.1, -0.05) is 60.3 Å². The molecular formula is C15H33NO. The van der Waals surface area contributed by atoms with Gasteiger partial charge in [0.25, 0.3) is 0 Å². The van der Waals surface area contributed by atoms with E-state index in [0.717, 1.165) is 13.2 Å². The van der Waals surface area contributed by atoms with Crippen LogP contribution in [-0.2, 0) is 4.74 Å². The first-order valence-corrected chi connectivity index (χ1v) is 7.42. The van der Waals surface area contributed by atoms with E-state index in [2.05, 4.69) is 39.9 Å². The average molecular weight is 243 g/mol. The molecule has 0 rings (SSSR count). The van der Waals surface area contributed by atoms with Gasteiger partial charge in [-0.25, -0.2) is 0 Å². The van der Waals surface area contributed by atoms with Gasteiger partial charge in [0.2, 0.25) is 0 Å². The zero-order valence-corrected chi connectivity index (χ0v) is 12.6. The Kier molecular flexibility index (Phi) is 11.0. The molecule has 0 saturated carbocycles. The normalized spacial score (nSPS) is 13.6. The number of unbranched alkanes of at least 4 members (excludes halogenated alkanes) is 4. The van der Waals surface area contributed by atoms with Crippen LogP contribution in [-0.4, -0.2) is 25.3 Å². The molecule has 0 amide bonds. The molecule has 0 spiro atoms. The summed E-state index contributed by atoms with van der Waals surface area (Å²) in [5, 5.41) is 3.46. The highest BCUT2D eigenvalue weighted by molar-refractivity contribution is 4.67. The lowest BCUT2D eigenvalue weighted by Crippen LogP contribution is -2.36. The van der Waals surface area contributed by atoms with Crippen LogP contribution >= 0.6 is 0 Å². The SMILES string of the molecule is CCCCCCCOC(CNC(C)C)C(C)C. The molecule has 0 fully saturated rings. The molecule has 1 N–H and O–H groups in total. The second kappa shape index (κ2) is 11.0. The Morgan fingerprint density at radius 3 is 2.12 bits per heavy atom. The van der Waals surface area contributed by atoms with Crippen molar-refractivity contribution in [1.29, 1.82) is 0 Å². The molecule has 1 unspecified atom stereocenters. The van der Waals surface area contributed by atoms with Gasteiger partial charge in [0.1, 0.15) is 0 Å². The highest BCUT2D eigenvalue weighted by atomic mass is 16.5. The van der Waals surface area contributed by atoms with Gasteiger partial charge in [-0.2, -0.15) is 0 Å². The molecule has 0 aromatic rings. The first-order chi connectivity index (χ1) is 8.07. The van der Waals surface area contributed by atoms with Gasteiger partial charge in [-0.3, -0.25) is 0 Å². The van der Waals surface area contributed by atoms with Crippen LogP contribution in [0.15, 0.2) is 0 Å². The van der Waals surface area contributed by atoms with Crippen LogP contribution in [0, 0.1) is 5.92 Å². The largest absolute Gasteiger partial charge is 0.377 e. The van der Waals surface area contributed by atoms with Gasteiger partial charge in [-0.15, -0.1) is 0 Å². The Morgan fingerprint density at radius 2 is 1.59 bits per heavy atom. The minimum absolute atomic E-state index is 0.364. The molecule has 0 aliphatic carbocycles. The standard InChI is InChI=1S/C15H33NO/c1-6-7-8-9-10-11-17-15(13(2)3)12-16-14(4)5/h13-16H,6-12H2,1-5H3. The van der Waals surface area contributed by atoms with E-state index in [9.17, 15) is 0 Å². The van der Waals surface area contributed by atoms with Crippen molar-refractivity contribution in [3.63, 3.8) is 0 Å². The van der Waals surface area contributed by atoms with E-state index in [0.29, 0.717) is 18.1 Å². The third kappa shape index (κ3) is 10.8. The van der Waals surface area contributed by atoms with Crippen LogP contribution in [0.4, 0.5) is 0 Å². The third-order valence-corrected chi connectivity index (χ3v) is 3.05. The topological polar surface area (TPSA) is 21.3 Å². The van der Waals surface area contributed by atoms with Crippen LogP contribution in [0.25, 0.3) is 0 Å². The number of ether oxygens (including phenoxy) is 1. The van der Waals surface area contributed by atoms with Crippen LogP contribution < -0.4 is 5.32 Å². The van der Waals surface area contributed by atoms with Crippen molar-refractivity contribution in [1.82, 2.24) is 5.32 Å². The highest BCUT2D eigenvalue weighted by Gasteiger charge is 2.13. The van der Waals surface area contributed by atoms with Crippen molar-refractivity contribution < 1.29 is 4.74 Å². The van der Waals surface area contributed by atoms with Crippen LogP contribution in [0.2, 0.25) is 0 Å². The lowest BCUT2D eigenvalue weighted by Gasteiger charge is -2.23. The van der Waals surface area contributed by atoms with Gasteiger partial charge in [0, 0.05) is 19.2 Å². The summed E-state index contributed by atoms with van der Waals surface area (Å²) in [7, 11) is 0. The van der Waals surface area contributed by atoms with Gasteiger partial charge >= 0.3 is 0 Å². The summed E-state index contributed by atoms with van der Waals surface area (Å²) in [5.74, 6) is 0.594. The molecule has 0 heterocycles. The molecule has 2 nitrogen and oxygen atoms in total. The molecule has 0 saturated heterocycles. The van der Waals surface area contributed by atoms with E-state index in [4.69, 9.17) is 4.74 Å². The summed E-state index contributed by atoms with van der Waals surface area (Å²) >= 11 is 0. The Labute approximate surface area is 109 Å². The molecule has 0 aliphatic heterocycles. The predicted molar refractivity (Wildman–Crippen MR) is 76.5 cm³/mol. The Bertz CT molecular complexity index is 157. The molecule has 1 atom stereocenters. The molecule has 0 aliphatic rings. The minimum atomic E-state index is 0.364. The van der Waals surface area contributed by atoms with Gasteiger partial charge in [0.15, 0.2) is 0 Å². The molecule has 0 radical (unpaired) electrons. The molecule has 104 valence electrons. The molecule has 0 bridgehead atoms. The van der Waals surface area contributed by atoms with E-state index in [-0.39, 0.29) is 0 Å². The fraction of sp³-hybridized carbons (Fsp3) is 1.00. The second-order valence-corrected chi connectivity index (χ2v) is 5.63. The third-order valence-electron chi connectivity index (χ3n) is 3.05. The lowest BCUT2D eigenvalue weighted by atomic mass is 10.1. The second-order valence-electron chi connectivity index (χ2n) is 5.63. The Hall–Kier alpha value is -0.0800. The van der Waals surface area contributed by atoms with E-state index < -0.39 is 0 Å². The summed E-state index contributed by atoms with van der Waals surface area (Å²) in [6.07, 6.45) is 6.93. The number of hydrogen-bond donors (Lipinski definition) is 1. The van der Waals surface area contributed by atoms with Crippen molar-refractivity contribution >= 4 is 0 Å². The van der Waals surface area contributed by atoms with Gasteiger partial charge in [0.05, 0.1) is 6.10 Å². The first-order valence-electron chi connectivity index (χ1n) is 7.42. The Balaban J connectivity index is 3.56. The fourth-order valence-electron chi connectivity index (χ4n) is 1.78. The van der Waals surface area contributed by atoms with Gasteiger partial charge in [-0.05, 0) is 12.3 Å². The minimum Gasteiger partial charge on any atom is -0.377 e. The summed E-state index contributed by atoms with van der Waals surface area (Å²) in [5.41, 5.74) is 0. The molecule has 17 heavy (non-hydrogen) atoms. The van der Waals surface area contributed by atoms with Crippen molar-refractivity contribution in [3.8, 4) is 0 Å². The smallest absolute Gasteiger partial charge is 0.0722 e. The highest BCUT2D eigenvalue weighted by Crippen LogP contribution is 2.08. The monoisotopic (exact) mass is 243 g/mol. The summed E-state index contributed by atoms with van der Waals surface area (Å²) in [6.45, 7) is 13.0. The predicted octanol–water partition coefficient (Wildman–Crippen LogP) is 4.00. The van der Waals surface area contributed by atoms with E-state index in [1.807, 2.05) is 0 Å². The molecular weight excluding hydrogens is 210 g/mol. The van der Waals surface area contributed by atoms with E-state index in [1.54, 1.807) is 0 Å². The molecule has 2 heteroatoms. The zero-order chi connectivity index (χ0) is 13.1. The quantitative estimate of drug-likeness (QED) is 0.554. The van der Waals surface area contributed by atoms with Crippen LogP contribution in [0.5, 0.6) is 0 Å². The van der Waals surface area contributed by atoms with Gasteiger partial charge < -0.3 is 10.1 Å². The van der Waals surface area contributed by atoms with Crippen molar-refractivity contribution in [2.45, 2.75) is 78.9 Å². The zero-order valence-electron chi connectivity index (χ0n) is 12.6. The fourth-order valence-corrected chi connectivity index (χ4v) is 1.78. The number of hydrogen-bond acceptors (Lipinski definition) is 2.